The predicted octanol–water partition coefficient (Wildman–Crippen LogP) is 2.69. The van der Waals surface area contributed by atoms with E-state index >= 15 is 0 Å². The van der Waals surface area contributed by atoms with E-state index in [-0.39, 0.29) is 22.9 Å². The number of nitrogens with one attached hydrogen (secondary N) is 1. The molecule has 1 amide bonds. The Morgan fingerprint density at radius 2 is 1.96 bits per heavy atom. The van der Waals surface area contributed by atoms with Crippen LogP contribution in [0.2, 0.25) is 0 Å². The molecule has 0 saturated carbocycles. The van der Waals surface area contributed by atoms with Gasteiger partial charge >= 0.3 is 5.69 Å². The second kappa shape index (κ2) is 7.83. The molecule has 1 N–H and O–H groups in total. The fourth-order valence-electron chi connectivity index (χ4n) is 2.82. The molecule has 0 unspecified atom stereocenters. The molecule has 0 atom stereocenters. The number of para-hydroxylation sites is 2. The summed E-state index contributed by atoms with van der Waals surface area (Å²) in [5, 5.41) is 13.9. The molecule has 8 nitrogen and oxygen atoms in total. The number of hydrogen-bond acceptors (Lipinski definition) is 6. The number of methoxy groups -OCH3 is 1. The molecule has 26 heavy (non-hydrogen) atoms. The van der Waals surface area contributed by atoms with Crippen molar-refractivity contribution < 1.29 is 19.2 Å². The number of morpholine rings is 1. The van der Waals surface area contributed by atoms with E-state index in [1.807, 2.05) is 24.3 Å². The van der Waals surface area contributed by atoms with Crippen LogP contribution in [0.25, 0.3) is 0 Å². The summed E-state index contributed by atoms with van der Waals surface area (Å²) in [6.45, 7) is 2.78. The molecule has 1 heterocycles. The van der Waals surface area contributed by atoms with Crippen molar-refractivity contribution in [2.24, 2.45) is 0 Å². The van der Waals surface area contributed by atoms with Gasteiger partial charge in [-0.05, 0) is 18.2 Å². The van der Waals surface area contributed by atoms with Crippen molar-refractivity contribution in [3.63, 3.8) is 0 Å². The molecule has 8 heteroatoms. The second-order valence-corrected chi connectivity index (χ2v) is 5.71. The third kappa shape index (κ3) is 3.75. The number of anilines is 2. The molecule has 3 rings (SSSR count). The van der Waals surface area contributed by atoms with E-state index in [9.17, 15) is 14.9 Å². The summed E-state index contributed by atoms with van der Waals surface area (Å²) in [5.41, 5.74) is 1.69. The standard InChI is InChI=1S/C18H19N3O5/c1-25-17-12-13(6-7-16(17)21(23)24)18(22)19-14-4-2-3-5-15(14)20-8-10-26-11-9-20/h2-7,12H,8-11H2,1H3,(H,19,22). The lowest BCUT2D eigenvalue weighted by Gasteiger charge is -2.30. The van der Waals surface area contributed by atoms with Gasteiger partial charge < -0.3 is 19.7 Å². The fraction of sp³-hybridized carbons (Fsp3) is 0.278. The first kappa shape index (κ1) is 17.7. The van der Waals surface area contributed by atoms with Crippen LogP contribution in [0.3, 0.4) is 0 Å². The maximum atomic E-state index is 12.6. The number of amides is 1. The quantitative estimate of drug-likeness (QED) is 0.653. The zero-order chi connectivity index (χ0) is 18.5. The summed E-state index contributed by atoms with van der Waals surface area (Å²) < 4.78 is 10.4. The van der Waals surface area contributed by atoms with E-state index in [4.69, 9.17) is 9.47 Å². The molecule has 136 valence electrons. The van der Waals surface area contributed by atoms with Crippen molar-refractivity contribution in [3.8, 4) is 5.75 Å². The SMILES string of the molecule is COc1cc(C(=O)Nc2ccccc2N2CCOCC2)ccc1[N+](=O)[O-]. The molecule has 2 aromatic carbocycles. The topological polar surface area (TPSA) is 93.9 Å². The summed E-state index contributed by atoms with van der Waals surface area (Å²) in [6.07, 6.45) is 0. The highest BCUT2D eigenvalue weighted by Crippen LogP contribution is 2.30. The largest absolute Gasteiger partial charge is 0.490 e. The smallest absolute Gasteiger partial charge is 0.310 e. The van der Waals surface area contributed by atoms with Gasteiger partial charge in [0.15, 0.2) is 5.75 Å². The minimum atomic E-state index is -0.547. The summed E-state index contributed by atoms with van der Waals surface area (Å²) in [6, 6.07) is 11.6. The molecule has 1 aliphatic heterocycles. The van der Waals surface area contributed by atoms with Crippen LogP contribution in [0.4, 0.5) is 17.1 Å². The number of ether oxygens (including phenoxy) is 2. The van der Waals surface area contributed by atoms with Gasteiger partial charge in [0.2, 0.25) is 0 Å². The Labute approximate surface area is 150 Å². The Kier molecular flexibility index (Phi) is 5.33. The van der Waals surface area contributed by atoms with Gasteiger partial charge in [-0.2, -0.15) is 0 Å². The zero-order valence-electron chi connectivity index (χ0n) is 14.3. The Hall–Kier alpha value is -3.13. The number of benzene rings is 2. The molecular weight excluding hydrogens is 338 g/mol. The van der Waals surface area contributed by atoms with Gasteiger partial charge in [0.1, 0.15) is 0 Å². The van der Waals surface area contributed by atoms with Crippen LogP contribution in [0.5, 0.6) is 5.75 Å². The maximum Gasteiger partial charge on any atom is 0.310 e. The Bertz CT molecular complexity index is 818. The van der Waals surface area contributed by atoms with Crippen molar-refractivity contribution in [2.45, 2.75) is 0 Å². The van der Waals surface area contributed by atoms with Crippen LogP contribution in [-0.2, 0) is 4.74 Å². The van der Waals surface area contributed by atoms with E-state index in [2.05, 4.69) is 10.2 Å². The van der Waals surface area contributed by atoms with Gasteiger partial charge in [-0.3, -0.25) is 14.9 Å². The van der Waals surface area contributed by atoms with E-state index < -0.39 is 4.92 Å². The maximum absolute atomic E-state index is 12.6. The van der Waals surface area contributed by atoms with E-state index in [1.54, 1.807) is 0 Å². The van der Waals surface area contributed by atoms with Gasteiger partial charge in [0.25, 0.3) is 5.91 Å². The van der Waals surface area contributed by atoms with Crippen molar-refractivity contribution >= 4 is 23.0 Å². The number of carbonyl (C=O) groups is 1. The van der Waals surface area contributed by atoms with Crippen LogP contribution in [0.1, 0.15) is 10.4 Å². The van der Waals surface area contributed by atoms with Crippen LogP contribution in [-0.4, -0.2) is 44.2 Å². The predicted molar refractivity (Wildman–Crippen MR) is 97.1 cm³/mol. The highest BCUT2D eigenvalue weighted by molar-refractivity contribution is 6.06. The third-order valence-corrected chi connectivity index (χ3v) is 4.14. The molecule has 0 aliphatic carbocycles. The Balaban J connectivity index is 1.83. The number of carbonyl (C=O) groups excluding carboxylic acids is 1. The Morgan fingerprint density at radius 1 is 1.23 bits per heavy atom. The number of nitrogens with zero attached hydrogens (tertiary/aromatic N) is 2. The first-order valence-corrected chi connectivity index (χ1v) is 8.15. The number of rotatable bonds is 5. The van der Waals surface area contributed by atoms with Gasteiger partial charge in [-0.25, -0.2) is 0 Å². The number of nitro groups is 1. The van der Waals surface area contributed by atoms with E-state index in [1.165, 1.54) is 25.3 Å². The van der Waals surface area contributed by atoms with Gasteiger partial charge in [-0.1, -0.05) is 12.1 Å². The first-order chi connectivity index (χ1) is 12.6. The second-order valence-electron chi connectivity index (χ2n) is 5.71. The molecule has 0 aromatic heterocycles. The van der Waals surface area contributed by atoms with Crippen molar-refractivity contribution in [2.75, 3.05) is 43.6 Å². The summed E-state index contributed by atoms with van der Waals surface area (Å²) in [4.78, 5) is 25.2. The minimum absolute atomic E-state index is 0.0455. The van der Waals surface area contributed by atoms with Gasteiger partial charge in [0.05, 0.1) is 36.6 Å². The lowest BCUT2D eigenvalue weighted by atomic mass is 10.1. The van der Waals surface area contributed by atoms with Crippen LogP contribution in [0.15, 0.2) is 42.5 Å². The van der Waals surface area contributed by atoms with Crippen molar-refractivity contribution in [1.29, 1.82) is 0 Å². The third-order valence-electron chi connectivity index (χ3n) is 4.14. The van der Waals surface area contributed by atoms with Crippen LogP contribution >= 0.6 is 0 Å². The molecule has 1 fully saturated rings. The first-order valence-electron chi connectivity index (χ1n) is 8.15. The van der Waals surface area contributed by atoms with Gasteiger partial charge in [0, 0.05) is 30.8 Å². The van der Waals surface area contributed by atoms with Crippen molar-refractivity contribution in [1.82, 2.24) is 0 Å². The summed E-state index contributed by atoms with van der Waals surface area (Å²) in [5.74, 6) is -0.317. The molecule has 0 radical (unpaired) electrons. The molecular formula is C18H19N3O5. The normalized spacial score (nSPS) is 14.0. The average molecular weight is 357 g/mol. The average Bonchev–Trinajstić information content (AvgIpc) is 2.68. The van der Waals surface area contributed by atoms with E-state index in [0.717, 1.165) is 18.8 Å². The Morgan fingerprint density at radius 3 is 2.65 bits per heavy atom. The molecule has 0 spiro atoms. The minimum Gasteiger partial charge on any atom is -0.490 e. The highest BCUT2D eigenvalue weighted by atomic mass is 16.6. The zero-order valence-corrected chi connectivity index (χ0v) is 14.3. The fourth-order valence-corrected chi connectivity index (χ4v) is 2.82. The summed E-state index contributed by atoms with van der Waals surface area (Å²) >= 11 is 0. The van der Waals surface area contributed by atoms with Crippen molar-refractivity contribution in [3.05, 3.63) is 58.1 Å². The lowest BCUT2D eigenvalue weighted by molar-refractivity contribution is -0.385. The molecule has 0 bridgehead atoms. The summed E-state index contributed by atoms with van der Waals surface area (Å²) in [7, 11) is 1.33. The van der Waals surface area contributed by atoms with E-state index in [0.29, 0.717) is 18.9 Å². The lowest BCUT2D eigenvalue weighted by Crippen LogP contribution is -2.36. The highest BCUT2D eigenvalue weighted by Gasteiger charge is 2.19. The number of nitro benzene ring substituents is 1. The number of hydrogen-bond donors (Lipinski definition) is 1. The monoisotopic (exact) mass is 357 g/mol. The van der Waals surface area contributed by atoms with Gasteiger partial charge in [-0.15, -0.1) is 0 Å². The van der Waals surface area contributed by atoms with Crippen LogP contribution < -0.4 is 15.0 Å². The van der Waals surface area contributed by atoms with Crippen LogP contribution in [0, 0.1) is 10.1 Å². The molecule has 2 aromatic rings. The molecule has 1 aliphatic rings. The molecule has 1 saturated heterocycles.